The van der Waals surface area contributed by atoms with Gasteiger partial charge in [-0.2, -0.15) is 0 Å². The molecule has 0 saturated carbocycles. The first-order valence-electron chi connectivity index (χ1n) is 5.76. The lowest BCUT2D eigenvalue weighted by atomic mass is 10.1. The zero-order valence-electron chi connectivity index (χ0n) is 10.2. The number of aliphatic imine (C=N–C) groups is 1. The first-order chi connectivity index (χ1) is 8.25. The van der Waals surface area contributed by atoms with Gasteiger partial charge in [-0.3, -0.25) is 9.98 Å². The maximum absolute atomic E-state index is 4.51. The summed E-state index contributed by atoms with van der Waals surface area (Å²) in [4.78, 5) is 8.72. The van der Waals surface area contributed by atoms with E-state index in [0.29, 0.717) is 0 Å². The van der Waals surface area contributed by atoms with Gasteiger partial charge in [-0.25, -0.2) is 0 Å². The smallest absolute Gasteiger partial charge is 0.0808 e. The second kappa shape index (κ2) is 5.39. The molecule has 2 heteroatoms. The molecular formula is C15H16N2. The van der Waals surface area contributed by atoms with E-state index in [-0.39, 0.29) is 6.04 Å². The molecule has 1 heterocycles. The molecule has 2 rings (SSSR count). The fraction of sp³-hybridized carbons (Fsp3) is 0.200. The number of rotatable bonds is 3. The predicted molar refractivity (Wildman–Crippen MR) is 71.4 cm³/mol. The highest BCUT2D eigenvalue weighted by molar-refractivity contribution is 5.76. The van der Waals surface area contributed by atoms with E-state index in [2.05, 4.69) is 48.1 Å². The van der Waals surface area contributed by atoms with Crippen LogP contribution in [0, 0.1) is 6.92 Å². The van der Waals surface area contributed by atoms with Crippen LogP contribution in [-0.2, 0) is 0 Å². The molecule has 0 fully saturated rings. The van der Waals surface area contributed by atoms with Gasteiger partial charge in [0.25, 0.3) is 0 Å². The molecule has 2 nitrogen and oxygen atoms in total. The molecule has 0 amide bonds. The Hall–Kier alpha value is -1.96. The lowest BCUT2D eigenvalue weighted by Gasteiger charge is -2.06. The number of aryl methyl sites for hydroxylation is 1. The molecule has 0 bridgehead atoms. The Kier molecular flexibility index (Phi) is 3.66. The summed E-state index contributed by atoms with van der Waals surface area (Å²) in [7, 11) is 0. The molecule has 1 aromatic heterocycles. The maximum atomic E-state index is 4.51. The summed E-state index contributed by atoms with van der Waals surface area (Å²) in [6.45, 7) is 4.18. The van der Waals surface area contributed by atoms with Crippen molar-refractivity contribution in [2.75, 3.05) is 0 Å². The molecule has 0 radical (unpaired) electrons. The van der Waals surface area contributed by atoms with Crippen molar-refractivity contribution in [2.45, 2.75) is 19.9 Å². The third-order valence-electron chi connectivity index (χ3n) is 2.68. The van der Waals surface area contributed by atoms with Crippen LogP contribution >= 0.6 is 0 Å². The van der Waals surface area contributed by atoms with Crippen LogP contribution in [0.2, 0.25) is 0 Å². The lowest BCUT2D eigenvalue weighted by Crippen LogP contribution is -1.92. The van der Waals surface area contributed by atoms with E-state index in [1.807, 2.05) is 24.4 Å². The van der Waals surface area contributed by atoms with Gasteiger partial charge in [0.1, 0.15) is 0 Å². The second-order valence-corrected chi connectivity index (χ2v) is 4.12. The molecule has 86 valence electrons. The Morgan fingerprint density at radius 2 is 1.88 bits per heavy atom. The summed E-state index contributed by atoms with van der Waals surface area (Å²) in [5.74, 6) is 0. The SMILES string of the molecule is Cc1ccc([C@H](C)/N=C/c2ccccn2)cc1. The van der Waals surface area contributed by atoms with Gasteiger partial charge in [0, 0.05) is 12.4 Å². The first-order valence-corrected chi connectivity index (χ1v) is 5.76. The predicted octanol–water partition coefficient (Wildman–Crippen LogP) is 3.57. The van der Waals surface area contributed by atoms with Crippen LogP contribution < -0.4 is 0 Å². The van der Waals surface area contributed by atoms with E-state index in [1.165, 1.54) is 11.1 Å². The molecule has 1 aromatic carbocycles. The van der Waals surface area contributed by atoms with Gasteiger partial charge in [0.2, 0.25) is 0 Å². The van der Waals surface area contributed by atoms with Crippen LogP contribution in [0.1, 0.15) is 29.8 Å². The van der Waals surface area contributed by atoms with E-state index in [0.717, 1.165) is 5.69 Å². The Morgan fingerprint density at radius 3 is 2.53 bits per heavy atom. The minimum Gasteiger partial charge on any atom is -0.283 e. The fourth-order valence-electron chi connectivity index (χ4n) is 1.57. The highest BCUT2D eigenvalue weighted by atomic mass is 14.8. The van der Waals surface area contributed by atoms with Crippen LogP contribution in [0.4, 0.5) is 0 Å². The molecule has 0 N–H and O–H groups in total. The molecule has 0 spiro atoms. The van der Waals surface area contributed by atoms with Crippen molar-refractivity contribution >= 4 is 6.21 Å². The van der Waals surface area contributed by atoms with Crippen molar-refractivity contribution in [2.24, 2.45) is 4.99 Å². The topological polar surface area (TPSA) is 25.2 Å². The highest BCUT2D eigenvalue weighted by Gasteiger charge is 2.01. The van der Waals surface area contributed by atoms with Crippen molar-refractivity contribution in [3.63, 3.8) is 0 Å². The van der Waals surface area contributed by atoms with Gasteiger partial charge in [-0.05, 0) is 31.5 Å². The molecule has 0 aliphatic heterocycles. The first kappa shape index (κ1) is 11.5. The summed E-state index contributed by atoms with van der Waals surface area (Å²) in [5, 5.41) is 0. The third kappa shape index (κ3) is 3.25. The van der Waals surface area contributed by atoms with E-state index in [1.54, 1.807) is 6.20 Å². The van der Waals surface area contributed by atoms with Crippen LogP contribution in [-0.4, -0.2) is 11.2 Å². The quantitative estimate of drug-likeness (QED) is 0.732. The Balaban J connectivity index is 2.09. The van der Waals surface area contributed by atoms with Crippen LogP contribution in [0.3, 0.4) is 0 Å². The Morgan fingerprint density at radius 1 is 1.12 bits per heavy atom. The second-order valence-electron chi connectivity index (χ2n) is 4.12. The monoisotopic (exact) mass is 224 g/mol. The molecule has 0 saturated heterocycles. The molecular weight excluding hydrogens is 208 g/mol. The molecule has 2 aromatic rings. The summed E-state index contributed by atoms with van der Waals surface area (Å²) >= 11 is 0. The number of nitrogens with zero attached hydrogens (tertiary/aromatic N) is 2. The van der Waals surface area contributed by atoms with E-state index in [9.17, 15) is 0 Å². The summed E-state index contributed by atoms with van der Waals surface area (Å²) in [6.07, 6.45) is 3.60. The van der Waals surface area contributed by atoms with Crippen molar-refractivity contribution in [1.82, 2.24) is 4.98 Å². The summed E-state index contributed by atoms with van der Waals surface area (Å²) in [6, 6.07) is 14.4. The van der Waals surface area contributed by atoms with E-state index >= 15 is 0 Å². The average molecular weight is 224 g/mol. The van der Waals surface area contributed by atoms with E-state index in [4.69, 9.17) is 0 Å². The van der Waals surface area contributed by atoms with Crippen LogP contribution in [0.15, 0.2) is 53.7 Å². The minimum absolute atomic E-state index is 0.164. The normalized spacial score (nSPS) is 12.8. The highest BCUT2D eigenvalue weighted by Crippen LogP contribution is 2.16. The fourth-order valence-corrected chi connectivity index (χ4v) is 1.57. The maximum Gasteiger partial charge on any atom is 0.0808 e. The minimum atomic E-state index is 0.164. The molecule has 17 heavy (non-hydrogen) atoms. The van der Waals surface area contributed by atoms with Gasteiger partial charge >= 0.3 is 0 Å². The Bertz CT molecular complexity index is 486. The van der Waals surface area contributed by atoms with Gasteiger partial charge in [0.15, 0.2) is 0 Å². The average Bonchev–Trinajstić information content (AvgIpc) is 2.38. The molecule has 1 atom stereocenters. The largest absolute Gasteiger partial charge is 0.283 e. The van der Waals surface area contributed by atoms with Crippen molar-refractivity contribution in [3.8, 4) is 0 Å². The zero-order chi connectivity index (χ0) is 12.1. The van der Waals surface area contributed by atoms with Crippen molar-refractivity contribution in [1.29, 1.82) is 0 Å². The van der Waals surface area contributed by atoms with E-state index < -0.39 is 0 Å². The number of hydrogen-bond donors (Lipinski definition) is 0. The van der Waals surface area contributed by atoms with Crippen molar-refractivity contribution in [3.05, 3.63) is 65.5 Å². The van der Waals surface area contributed by atoms with Crippen LogP contribution in [0.25, 0.3) is 0 Å². The molecule has 0 aliphatic carbocycles. The van der Waals surface area contributed by atoms with Crippen molar-refractivity contribution < 1.29 is 0 Å². The standard InChI is InChI=1S/C15H16N2/c1-12-6-8-14(9-7-12)13(2)17-11-15-5-3-4-10-16-15/h3-11,13H,1-2H3/b17-11+/t13-/m0/s1. The number of aromatic nitrogens is 1. The summed E-state index contributed by atoms with van der Waals surface area (Å²) < 4.78 is 0. The lowest BCUT2D eigenvalue weighted by molar-refractivity contribution is 0.824. The molecule has 0 aliphatic rings. The van der Waals surface area contributed by atoms with Gasteiger partial charge < -0.3 is 0 Å². The third-order valence-corrected chi connectivity index (χ3v) is 2.68. The molecule has 0 unspecified atom stereocenters. The number of pyridine rings is 1. The Labute approximate surface area is 102 Å². The zero-order valence-corrected chi connectivity index (χ0v) is 10.2. The van der Waals surface area contributed by atoms with Gasteiger partial charge in [-0.15, -0.1) is 0 Å². The van der Waals surface area contributed by atoms with Gasteiger partial charge in [-0.1, -0.05) is 35.9 Å². The number of hydrogen-bond acceptors (Lipinski definition) is 2. The number of benzene rings is 1. The summed E-state index contributed by atoms with van der Waals surface area (Å²) in [5.41, 5.74) is 3.39. The van der Waals surface area contributed by atoms with Gasteiger partial charge in [0.05, 0.1) is 11.7 Å². The van der Waals surface area contributed by atoms with Crippen LogP contribution in [0.5, 0.6) is 0 Å².